The first kappa shape index (κ1) is 21.2. The molecule has 0 saturated carbocycles. The van der Waals surface area contributed by atoms with E-state index in [4.69, 9.17) is 9.72 Å². The minimum Gasteiger partial charge on any atom is -0.372 e. The lowest BCUT2D eigenvalue weighted by Gasteiger charge is -2.37. The van der Waals surface area contributed by atoms with Gasteiger partial charge in [0.25, 0.3) is 0 Å². The topological polar surface area (TPSA) is 96.2 Å². The predicted octanol–water partition coefficient (Wildman–Crippen LogP) is 3.42. The number of rotatable bonds is 4. The van der Waals surface area contributed by atoms with Crippen molar-refractivity contribution in [2.24, 2.45) is 0 Å². The molecule has 160 valence electrons. The van der Waals surface area contributed by atoms with Crippen LogP contribution >= 0.6 is 0 Å². The van der Waals surface area contributed by atoms with E-state index in [-0.39, 0.29) is 22.8 Å². The number of sulfone groups is 1. The lowest BCUT2D eigenvalue weighted by molar-refractivity contribution is -0.00550. The normalized spacial score (nSPS) is 20.4. The summed E-state index contributed by atoms with van der Waals surface area (Å²) in [5.74, 6) is -0.215. The first-order valence-corrected chi connectivity index (χ1v) is 11.4. The fraction of sp³-hybridized carbons (Fsp3) is 0.318. The Kier molecular flexibility index (Phi) is 5.60. The molecular formula is C22H21FN4O3S. The molecule has 0 spiro atoms. The van der Waals surface area contributed by atoms with Gasteiger partial charge in [-0.2, -0.15) is 5.26 Å². The van der Waals surface area contributed by atoms with Crippen LogP contribution in [0.25, 0.3) is 11.0 Å². The Morgan fingerprint density at radius 2 is 1.65 bits per heavy atom. The molecule has 2 heterocycles. The number of hydrogen-bond acceptors (Lipinski definition) is 7. The molecule has 1 saturated heterocycles. The molecule has 1 fully saturated rings. The molecule has 0 radical (unpaired) electrons. The largest absolute Gasteiger partial charge is 0.372 e. The molecule has 0 aliphatic carbocycles. The van der Waals surface area contributed by atoms with Crippen LogP contribution in [0.3, 0.4) is 0 Å². The van der Waals surface area contributed by atoms with E-state index in [2.05, 4.69) is 4.98 Å². The van der Waals surface area contributed by atoms with E-state index in [1.54, 1.807) is 18.2 Å². The Hall–Kier alpha value is -3.09. The number of nitrogens with zero attached hydrogens (tertiary/aromatic N) is 4. The average molecular weight is 441 g/mol. The third kappa shape index (κ3) is 4.09. The van der Waals surface area contributed by atoms with Crippen LogP contribution in [0.15, 0.2) is 53.4 Å². The number of ether oxygens (including phenoxy) is 1. The van der Waals surface area contributed by atoms with Crippen molar-refractivity contribution in [1.82, 2.24) is 9.97 Å². The standard InChI is InChI=1S/C22H21FN4O3S/c1-14-12-27(13-15(2)30-14)22-21(25-18-5-3-4-6-19(18)26-22)20(11-24)31(28,29)17-9-7-16(23)8-10-17/h3-10,14-15,20H,12-13H2,1-2H3/t14-,15-,20-/m1/s1. The van der Waals surface area contributed by atoms with Crippen molar-refractivity contribution < 1.29 is 17.5 Å². The van der Waals surface area contributed by atoms with Gasteiger partial charge in [0.05, 0.1) is 34.2 Å². The van der Waals surface area contributed by atoms with Gasteiger partial charge in [0.15, 0.2) is 11.1 Å². The molecule has 2 aromatic carbocycles. The summed E-state index contributed by atoms with van der Waals surface area (Å²) in [6.07, 6.45) is -0.196. The van der Waals surface area contributed by atoms with Gasteiger partial charge < -0.3 is 9.64 Å². The van der Waals surface area contributed by atoms with Gasteiger partial charge in [0, 0.05) is 13.1 Å². The SMILES string of the molecule is C[C@@H]1CN(c2nc3ccccc3nc2[C@@H](C#N)S(=O)(=O)c2ccc(F)cc2)C[C@@H](C)O1. The van der Waals surface area contributed by atoms with Gasteiger partial charge in [-0.15, -0.1) is 0 Å². The second-order valence-corrected chi connectivity index (χ2v) is 9.62. The van der Waals surface area contributed by atoms with Gasteiger partial charge in [-0.1, -0.05) is 12.1 Å². The van der Waals surface area contributed by atoms with E-state index in [1.807, 2.05) is 30.9 Å². The maximum Gasteiger partial charge on any atom is 0.200 e. The zero-order chi connectivity index (χ0) is 22.2. The molecule has 4 rings (SSSR count). The molecule has 0 N–H and O–H groups in total. The van der Waals surface area contributed by atoms with E-state index < -0.39 is 20.9 Å². The number of anilines is 1. The molecule has 1 aromatic heterocycles. The minimum absolute atomic E-state index is 0.0619. The highest BCUT2D eigenvalue weighted by molar-refractivity contribution is 7.92. The molecular weight excluding hydrogens is 419 g/mol. The van der Waals surface area contributed by atoms with E-state index in [1.165, 1.54) is 0 Å². The fourth-order valence-corrected chi connectivity index (χ4v) is 5.18. The highest BCUT2D eigenvalue weighted by atomic mass is 32.2. The van der Waals surface area contributed by atoms with E-state index in [0.29, 0.717) is 29.9 Å². The maximum atomic E-state index is 13.3. The fourth-order valence-electron chi connectivity index (χ4n) is 3.80. The van der Waals surface area contributed by atoms with Gasteiger partial charge in [-0.3, -0.25) is 0 Å². The summed E-state index contributed by atoms with van der Waals surface area (Å²) in [6.45, 7) is 4.82. The van der Waals surface area contributed by atoms with Crippen LogP contribution in [0.2, 0.25) is 0 Å². The summed E-state index contributed by atoms with van der Waals surface area (Å²) in [5.41, 5.74) is 1.15. The first-order chi connectivity index (χ1) is 14.8. The smallest absolute Gasteiger partial charge is 0.200 e. The Labute approximate surface area is 180 Å². The van der Waals surface area contributed by atoms with Crippen molar-refractivity contribution in [3.63, 3.8) is 0 Å². The van der Waals surface area contributed by atoms with Crippen molar-refractivity contribution in [3.8, 4) is 6.07 Å². The molecule has 1 aliphatic rings. The monoisotopic (exact) mass is 440 g/mol. The number of para-hydroxylation sites is 2. The van der Waals surface area contributed by atoms with Gasteiger partial charge in [-0.05, 0) is 50.2 Å². The Morgan fingerprint density at radius 1 is 1.06 bits per heavy atom. The van der Waals surface area contributed by atoms with E-state index in [9.17, 15) is 18.1 Å². The Morgan fingerprint density at radius 3 is 2.23 bits per heavy atom. The number of benzene rings is 2. The van der Waals surface area contributed by atoms with Crippen molar-refractivity contribution in [1.29, 1.82) is 5.26 Å². The second-order valence-electron chi connectivity index (χ2n) is 7.59. The molecule has 31 heavy (non-hydrogen) atoms. The molecule has 0 bridgehead atoms. The summed E-state index contributed by atoms with van der Waals surface area (Å²) in [5, 5.41) is 8.32. The molecule has 3 aromatic rings. The highest BCUT2D eigenvalue weighted by Gasteiger charge is 2.36. The molecule has 7 nitrogen and oxygen atoms in total. The zero-order valence-corrected chi connectivity index (χ0v) is 17.9. The van der Waals surface area contributed by atoms with Gasteiger partial charge in [0.1, 0.15) is 11.5 Å². The molecule has 3 atom stereocenters. The Balaban J connectivity index is 1.90. The average Bonchev–Trinajstić information content (AvgIpc) is 2.73. The molecule has 1 aliphatic heterocycles. The number of aromatic nitrogens is 2. The number of fused-ring (bicyclic) bond motifs is 1. The summed E-state index contributed by atoms with van der Waals surface area (Å²) in [4.78, 5) is 11.0. The molecule has 9 heteroatoms. The maximum absolute atomic E-state index is 13.3. The second kappa shape index (κ2) is 8.21. The Bertz CT molecular complexity index is 1250. The number of hydrogen-bond donors (Lipinski definition) is 0. The van der Waals surface area contributed by atoms with Crippen molar-refractivity contribution in [3.05, 3.63) is 60.0 Å². The zero-order valence-electron chi connectivity index (χ0n) is 17.1. The van der Waals surface area contributed by atoms with Crippen molar-refractivity contribution in [2.45, 2.75) is 36.2 Å². The minimum atomic E-state index is -4.17. The van der Waals surface area contributed by atoms with Crippen LogP contribution in [0.1, 0.15) is 24.8 Å². The third-order valence-electron chi connectivity index (χ3n) is 5.12. The summed E-state index contributed by atoms with van der Waals surface area (Å²) in [7, 11) is -4.17. The summed E-state index contributed by atoms with van der Waals surface area (Å²) >= 11 is 0. The van der Waals surface area contributed by atoms with Gasteiger partial charge in [0.2, 0.25) is 9.84 Å². The summed E-state index contributed by atoms with van der Waals surface area (Å²) < 4.78 is 45.8. The molecule has 0 unspecified atom stereocenters. The van der Waals surface area contributed by atoms with Crippen LogP contribution in [0, 0.1) is 17.1 Å². The number of halogens is 1. The number of nitriles is 1. The van der Waals surface area contributed by atoms with Crippen molar-refractivity contribution in [2.75, 3.05) is 18.0 Å². The van der Waals surface area contributed by atoms with E-state index in [0.717, 1.165) is 24.3 Å². The van der Waals surface area contributed by atoms with Gasteiger partial charge in [-0.25, -0.2) is 22.8 Å². The molecule has 0 amide bonds. The lowest BCUT2D eigenvalue weighted by Crippen LogP contribution is -2.46. The van der Waals surface area contributed by atoms with Crippen LogP contribution in [-0.2, 0) is 14.6 Å². The van der Waals surface area contributed by atoms with Crippen LogP contribution in [-0.4, -0.2) is 43.7 Å². The summed E-state index contributed by atoms with van der Waals surface area (Å²) in [6, 6.07) is 13.4. The lowest BCUT2D eigenvalue weighted by atomic mass is 10.2. The quantitative estimate of drug-likeness (QED) is 0.574. The number of morpholine rings is 1. The van der Waals surface area contributed by atoms with Crippen molar-refractivity contribution >= 4 is 26.7 Å². The predicted molar refractivity (Wildman–Crippen MR) is 114 cm³/mol. The van der Waals surface area contributed by atoms with Crippen LogP contribution in [0.5, 0.6) is 0 Å². The van der Waals surface area contributed by atoms with E-state index >= 15 is 0 Å². The third-order valence-corrected chi connectivity index (χ3v) is 6.99. The van der Waals surface area contributed by atoms with Gasteiger partial charge >= 0.3 is 0 Å². The van der Waals surface area contributed by atoms with Crippen LogP contribution in [0.4, 0.5) is 10.2 Å². The van der Waals surface area contributed by atoms with Crippen LogP contribution < -0.4 is 4.90 Å². The highest BCUT2D eigenvalue weighted by Crippen LogP contribution is 2.35. The first-order valence-electron chi connectivity index (χ1n) is 9.85.